The van der Waals surface area contributed by atoms with Crippen molar-refractivity contribution in [3.63, 3.8) is 0 Å². The number of fused-ring (bicyclic) bond motifs is 1. The average Bonchev–Trinajstić information content (AvgIpc) is 2.67. The Labute approximate surface area is 107 Å². The third kappa shape index (κ3) is 2.59. The fourth-order valence-electron chi connectivity index (χ4n) is 2.25. The number of carbonyl (C=O) groups is 1. The van der Waals surface area contributed by atoms with E-state index in [1.807, 2.05) is 25.2 Å². The number of halogens is 1. The lowest BCUT2D eigenvalue weighted by atomic mass is 9.98. The summed E-state index contributed by atoms with van der Waals surface area (Å²) in [6, 6.07) is 5.86. The molecule has 17 heavy (non-hydrogen) atoms. The van der Waals surface area contributed by atoms with Gasteiger partial charge >= 0.3 is 0 Å². The number of rotatable bonds is 4. The highest BCUT2D eigenvalue weighted by Crippen LogP contribution is 2.32. The lowest BCUT2D eigenvalue weighted by molar-refractivity contribution is -0.118. The number of hydrogen-bond acceptors (Lipinski definition) is 2. The molecule has 0 saturated carbocycles. The van der Waals surface area contributed by atoms with Crippen molar-refractivity contribution in [2.75, 3.05) is 7.05 Å². The van der Waals surface area contributed by atoms with E-state index in [1.54, 1.807) is 6.92 Å². The summed E-state index contributed by atoms with van der Waals surface area (Å²) in [4.78, 5) is 11.4. The molecule has 0 heterocycles. The molecule has 0 aromatic heterocycles. The molecule has 2 nitrogen and oxygen atoms in total. The fraction of sp³-hybridized carbons (Fsp3) is 0.357. The highest BCUT2D eigenvalue weighted by Gasteiger charge is 2.19. The second-order valence-corrected chi connectivity index (χ2v) is 4.83. The molecule has 0 saturated heterocycles. The normalized spacial score (nSPS) is 15.4. The number of carbonyl (C=O) groups excluding carboxylic acids is 1. The van der Waals surface area contributed by atoms with Crippen molar-refractivity contribution in [2.45, 2.75) is 25.8 Å². The van der Waals surface area contributed by atoms with E-state index in [9.17, 15) is 4.79 Å². The Morgan fingerprint density at radius 2 is 2.29 bits per heavy atom. The SMILES string of the molecule is CN[C@@H](CC1=CCc2cc(Cl)ccc21)C(C)=O. The Morgan fingerprint density at radius 3 is 2.94 bits per heavy atom. The molecule has 2 rings (SSSR count). The molecule has 1 aromatic rings. The van der Waals surface area contributed by atoms with Crippen molar-refractivity contribution >= 4 is 23.0 Å². The molecule has 90 valence electrons. The number of benzene rings is 1. The van der Waals surface area contributed by atoms with E-state index < -0.39 is 0 Å². The van der Waals surface area contributed by atoms with Crippen molar-refractivity contribution in [3.05, 3.63) is 40.4 Å². The number of ketones is 1. The van der Waals surface area contributed by atoms with Gasteiger partial charge in [0.1, 0.15) is 5.78 Å². The second kappa shape index (κ2) is 5.03. The molecule has 1 N–H and O–H groups in total. The fourth-order valence-corrected chi connectivity index (χ4v) is 2.44. The van der Waals surface area contributed by atoms with Crippen LogP contribution in [0, 0.1) is 0 Å². The summed E-state index contributed by atoms with van der Waals surface area (Å²) in [5.74, 6) is 0.177. The predicted octanol–water partition coefficient (Wildman–Crippen LogP) is 2.85. The maximum Gasteiger partial charge on any atom is 0.147 e. The molecule has 0 spiro atoms. The summed E-state index contributed by atoms with van der Waals surface area (Å²) < 4.78 is 0. The minimum atomic E-state index is -0.0946. The second-order valence-electron chi connectivity index (χ2n) is 4.39. The van der Waals surface area contributed by atoms with E-state index in [0.717, 1.165) is 17.9 Å². The third-order valence-corrected chi connectivity index (χ3v) is 3.48. The molecule has 0 amide bonds. The predicted molar refractivity (Wildman–Crippen MR) is 71.3 cm³/mol. The van der Waals surface area contributed by atoms with Crippen molar-refractivity contribution in [1.82, 2.24) is 5.32 Å². The van der Waals surface area contributed by atoms with Gasteiger partial charge in [-0.1, -0.05) is 23.7 Å². The van der Waals surface area contributed by atoms with Crippen molar-refractivity contribution < 1.29 is 4.79 Å². The molecule has 0 radical (unpaired) electrons. The standard InChI is InChI=1S/C14H16ClNO/c1-9(17)14(16-2)8-11-4-3-10-7-12(15)5-6-13(10)11/h4-7,14,16H,3,8H2,1-2H3/t14-/m0/s1. The van der Waals surface area contributed by atoms with Crippen LogP contribution in [0.4, 0.5) is 0 Å². The molecule has 3 heteroatoms. The third-order valence-electron chi connectivity index (χ3n) is 3.24. The van der Waals surface area contributed by atoms with E-state index in [0.29, 0.717) is 0 Å². The zero-order chi connectivity index (χ0) is 12.4. The first-order valence-electron chi connectivity index (χ1n) is 5.77. The van der Waals surface area contributed by atoms with Crippen LogP contribution < -0.4 is 5.32 Å². The van der Waals surface area contributed by atoms with Crippen LogP contribution in [-0.2, 0) is 11.2 Å². The molecule has 1 aromatic carbocycles. The molecule has 0 bridgehead atoms. The van der Waals surface area contributed by atoms with Gasteiger partial charge < -0.3 is 5.32 Å². The quantitative estimate of drug-likeness (QED) is 0.889. The van der Waals surface area contributed by atoms with Gasteiger partial charge in [-0.3, -0.25) is 4.79 Å². The number of nitrogens with one attached hydrogen (secondary N) is 1. The molecule has 1 aliphatic carbocycles. The monoisotopic (exact) mass is 249 g/mol. The number of hydrogen-bond donors (Lipinski definition) is 1. The average molecular weight is 250 g/mol. The molecular formula is C14H16ClNO. The van der Waals surface area contributed by atoms with Crippen LogP contribution in [0.3, 0.4) is 0 Å². The lowest BCUT2D eigenvalue weighted by Crippen LogP contribution is -2.32. The minimum Gasteiger partial charge on any atom is -0.310 e. The van der Waals surface area contributed by atoms with Gasteiger partial charge in [-0.2, -0.15) is 0 Å². The van der Waals surface area contributed by atoms with Gasteiger partial charge in [-0.25, -0.2) is 0 Å². The summed E-state index contributed by atoms with van der Waals surface area (Å²) in [6.07, 6.45) is 3.86. The number of allylic oxidation sites excluding steroid dienone is 1. The highest BCUT2D eigenvalue weighted by atomic mass is 35.5. The Balaban J connectivity index is 2.19. The maximum atomic E-state index is 11.4. The molecule has 0 fully saturated rings. The van der Waals surface area contributed by atoms with Gasteiger partial charge in [0, 0.05) is 5.02 Å². The Kier molecular flexibility index (Phi) is 3.65. The number of likely N-dealkylation sites (N-methyl/N-ethyl adjacent to an activating group) is 1. The molecule has 0 unspecified atom stereocenters. The zero-order valence-electron chi connectivity index (χ0n) is 10.1. The summed E-state index contributed by atoms with van der Waals surface area (Å²) in [7, 11) is 1.82. The van der Waals surface area contributed by atoms with E-state index in [4.69, 9.17) is 11.6 Å². The van der Waals surface area contributed by atoms with Crippen molar-refractivity contribution in [3.8, 4) is 0 Å². The summed E-state index contributed by atoms with van der Waals surface area (Å²) >= 11 is 5.96. The first kappa shape index (κ1) is 12.3. The minimum absolute atomic E-state index is 0.0946. The van der Waals surface area contributed by atoms with Gasteiger partial charge in [0.2, 0.25) is 0 Å². The van der Waals surface area contributed by atoms with E-state index in [-0.39, 0.29) is 11.8 Å². The smallest absolute Gasteiger partial charge is 0.147 e. The Morgan fingerprint density at radius 1 is 1.53 bits per heavy atom. The Hall–Kier alpha value is -1.12. The van der Waals surface area contributed by atoms with Crippen LogP contribution in [0.15, 0.2) is 24.3 Å². The van der Waals surface area contributed by atoms with E-state index >= 15 is 0 Å². The van der Waals surface area contributed by atoms with Crippen LogP contribution in [0.5, 0.6) is 0 Å². The van der Waals surface area contributed by atoms with Gasteiger partial charge in [-0.05, 0) is 55.6 Å². The molecule has 1 aliphatic rings. The van der Waals surface area contributed by atoms with Gasteiger partial charge in [0.25, 0.3) is 0 Å². The van der Waals surface area contributed by atoms with E-state index in [1.165, 1.54) is 16.7 Å². The van der Waals surface area contributed by atoms with Crippen LogP contribution >= 0.6 is 11.6 Å². The summed E-state index contributed by atoms with van der Waals surface area (Å²) in [5.41, 5.74) is 3.73. The Bertz CT molecular complexity index is 479. The van der Waals surface area contributed by atoms with E-state index in [2.05, 4.69) is 11.4 Å². The van der Waals surface area contributed by atoms with Gasteiger partial charge in [0.15, 0.2) is 0 Å². The largest absolute Gasteiger partial charge is 0.310 e. The van der Waals surface area contributed by atoms with Crippen LogP contribution in [0.1, 0.15) is 24.5 Å². The van der Waals surface area contributed by atoms with Gasteiger partial charge in [-0.15, -0.1) is 0 Å². The van der Waals surface area contributed by atoms with Crippen molar-refractivity contribution in [1.29, 1.82) is 0 Å². The molecule has 0 aliphatic heterocycles. The van der Waals surface area contributed by atoms with Crippen LogP contribution in [0.25, 0.3) is 5.57 Å². The molecule has 1 atom stereocenters. The number of Topliss-reactive ketones (excluding diaryl/α,β-unsaturated/α-hetero) is 1. The lowest BCUT2D eigenvalue weighted by Gasteiger charge is -2.14. The zero-order valence-corrected chi connectivity index (χ0v) is 10.8. The van der Waals surface area contributed by atoms with Crippen LogP contribution in [-0.4, -0.2) is 18.9 Å². The summed E-state index contributed by atoms with van der Waals surface area (Å²) in [6.45, 7) is 1.62. The van der Waals surface area contributed by atoms with Crippen molar-refractivity contribution in [2.24, 2.45) is 0 Å². The molecular weight excluding hydrogens is 234 g/mol. The van der Waals surface area contributed by atoms with Gasteiger partial charge in [0.05, 0.1) is 6.04 Å². The summed E-state index contributed by atoms with van der Waals surface area (Å²) in [5, 5.41) is 3.83. The topological polar surface area (TPSA) is 29.1 Å². The van der Waals surface area contributed by atoms with Crippen LogP contribution in [0.2, 0.25) is 5.02 Å². The first-order valence-corrected chi connectivity index (χ1v) is 6.15. The maximum absolute atomic E-state index is 11.4. The first-order chi connectivity index (χ1) is 8.11. The highest BCUT2D eigenvalue weighted by molar-refractivity contribution is 6.30.